The van der Waals surface area contributed by atoms with E-state index in [0.29, 0.717) is 11.3 Å². The molecule has 0 radical (unpaired) electrons. The summed E-state index contributed by atoms with van der Waals surface area (Å²) in [5.74, 6) is 1.03. The molecular weight excluding hydrogens is 409 g/mol. The van der Waals surface area contributed by atoms with Gasteiger partial charge in [0.2, 0.25) is 5.91 Å². The summed E-state index contributed by atoms with van der Waals surface area (Å²) in [6.07, 6.45) is 5.36. The van der Waals surface area contributed by atoms with Gasteiger partial charge in [0.15, 0.2) is 0 Å². The molecule has 1 heterocycles. The first kappa shape index (κ1) is 21.1. The molecule has 0 aliphatic heterocycles. The highest BCUT2D eigenvalue weighted by atomic mass is 35.5. The van der Waals surface area contributed by atoms with Crippen molar-refractivity contribution in [3.05, 3.63) is 70.2 Å². The van der Waals surface area contributed by atoms with Crippen molar-refractivity contribution in [3.8, 4) is 23.6 Å². The zero-order chi connectivity index (χ0) is 21.8. The SMILES string of the molecule is C#Cc1cccc(NC(=O)CN(C)C(=O)c2c(-c3c(F)cccc3Cl)noc2C)c1. The molecule has 0 atom stereocenters. The third-order valence-electron chi connectivity index (χ3n) is 4.32. The number of benzene rings is 2. The average molecular weight is 426 g/mol. The minimum Gasteiger partial charge on any atom is -0.360 e. The van der Waals surface area contributed by atoms with Crippen molar-refractivity contribution in [1.82, 2.24) is 10.1 Å². The third kappa shape index (κ3) is 4.34. The Morgan fingerprint density at radius 2 is 2.03 bits per heavy atom. The van der Waals surface area contributed by atoms with Crippen LogP contribution in [-0.2, 0) is 4.79 Å². The van der Waals surface area contributed by atoms with Crippen molar-refractivity contribution in [3.63, 3.8) is 0 Å². The van der Waals surface area contributed by atoms with Crippen LogP contribution in [0.2, 0.25) is 5.02 Å². The minimum absolute atomic E-state index is 0.0189. The Labute approximate surface area is 177 Å². The van der Waals surface area contributed by atoms with Crippen molar-refractivity contribution in [1.29, 1.82) is 0 Å². The van der Waals surface area contributed by atoms with Crippen LogP contribution in [0.5, 0.6) is 0 Å². The summed E-state index contributed by atoms with van der Waals surface area (Å²) in [5, 5.41) is 6.58. The lowest BCUT2D eigenvalue weighted by molar-refractivity contribution is -0.116. The van der Waals surface area contributed by atoms with Crippen LogP contribution in [0.1, 0.15) is 21.7 Å². The molecule has 0 fully saturated rings. The molecule has 8 heteroatoms. The first-order valence-corrected chi connectivity index (χ1v) is 9.22. The zero-order valence-electron chi connectivity index (χ0n) is 16.2. The van der Waals surface area contributed by atoms with E-state index >= 15 is 0 Å². The van der Waals surface area contributed by atoms with Gasteiger partial charge in [-0.2, -0.15) is 0 Å². The summed E-state index contributed by atoms with van der Waals surface area (Å²) in [4.78, 5) is 26.5. The number of anilines is 1. The van der Waals surface area contributed by atoms with Crippen molar-refractivity contribution in [2.75, 3.05) is 18.9 Å². The van der Waals surface area contributed by atoms with E-state index in [1.165, 1.54) is 37.1 Å². The predicted molar refractivity (Wildman–Crippen MR) is 112 cm³/mol. The topological polar surface area (TPSA) is 75.4 Å². The number of rotatable bonds is 5. The lowest BCUT2D eigenvalue weighted by atomic mass is 10.0. The molecule has 152 valence electrons. The molecule has 0 unspecified atom stereocenters. The molecule has 0 spiro atoms. The maximum absolute atomic E-state index is 14.3. The minimum atomic E-state index is -0.640. The van der Waals surface area contributed by atoms with Gasteiger partial charge in [0.05, 0.1) is 17.1 Å². The van der Waals surface area contributed by atoms with E-state index in [1.54, 1.807) is 24.3 Å². The highest BCUT2D eigenvalue weighted by Gasteiger charge is 2.28. The van der Waals surface area contributed by atoms with Gasteiger partial charge in [-0.05, 0) is 37.3 Å². The number of aryl methyl sites for hydroxylation is 1. The van der Waals surface area contributed by atoms with Gasteiger partial charge in [-0.3, -0.25) is 9.59 Å². The number of aromatic nitrogens is 1. The molecule has 0 bridgehead atoms. The largest absolute Gasteiger partial charge is 0.360 e. The number of nitrogens with one attached hydrogen (secondary N) is 1. The van der Waals surface area contributed by atoms with Gasteiger partial charge in [-0.1, -0.05) is 34.8 Å². The summed E-state index contributed by atoms with van der Waals surface area (Å²) in [7, 11) is 1.44. The number of carbonyl (C=O) groups is 2. The lowest BCUT2D eigenvalue weighted by Crippen LogP contribution is -2.35. The summed E-state index contributed by atoms with van der Waals surface area (Å²) in [5.41, 5.74) is 1.10. The van der Waals surface area contributed by atoms with Crippen molar-refractivity contribution >= 4 is 29.1 Å². The maximum Gasteiger partial charge on any atom is 0.259 e. The molecule has 30 heavy (non-hydrogen) atoms. The number of amides is 2. The Bertz CT molecular complexity index is 1150. The molecule has 0 aliphatic rings. The lowest BCUT2D eigenvalue weighted by Gasteiger charge is -2.17. The monoisotopic (exact) mass is 425 g/mol. The summed E-state index contributed by atoms with van der Waals surface area (Å²) < 4.78 is 19.5. The van der Waals surface area contributed by atoms with E-state index in [0.717, 1.165) is 0 Å². The average Bonchev–Trinajstić information content (AvgIpc) is 3.08. The Balaban J connectivity index is 1.81. The van der Waals surface area contributed by atoms with Gasteiger partial charge in [0.1, 0.15) is 22.8 Å². The highest BCUT2D eigenvalue weighted by Crippen LogP contribution is 2.33. The van der Waals surface area contributed by atoms with Gasteiger partial charge < -0.3 is 14.7 Å². The van der Waals surface area contributed by atoms with Gasteiger partial charge >= 0.3 is 0 Å². The number of carbonyl (C=O) groups excluding carboxylic acids is 2. The van der Waals surface area contributed by atoms with Crippen molar-refractivity contribution in [2.45, 2.75) is 6.92 Å². The second kappa shape index (κ2) is 8.80. The van der Waals surface area contributed by atoms with Crippen LogP contribution >= 0.6 is 11.6 Å². The van der Waals surface area contributed by atoms with Crippen LogP contribution in [-0.4, -0.2) is 35.5 Å². The number of hydrogen-bond donors (Lipinski definition) is 1. The molecular formula is C22H17ClFN3O3. The van der Waals surface area contributed by atoms with E-state index in [-0.39, 0.29) is 34.1 Å². The number of nitrogens with zero attached hydrogens (tertiary/aromatic N) is 2. The van der Waals surface area contributed by atoms with Crippen LogP contribution in [0.25, 0.3) is 11.3 Å². The molecule has 3 aromatic rings. The number of terminal acetylenes is 1. The van der Waals surface area contributed by atoms with Crippen LogP contribution in [0, 0.1) is 25.1 Å². The first-order valence-electron chi connectivity index (χ1n) is 8.84. The molecule has 2 amide bonds. The molecule has 6 nitrogen and oxygen atoms in total. The number of hydrogen-bond acceptors (Lipinski definition) is 4. The van der Waals surface area contributed by atoms with Crippen molar-refractivity contribution in [2.24, 2.45) is 0 Å². The predicted octanol–water partition coefficient (Wildman–Crippen LogP) is 4.13. The quantitative estimate of drug-likeness (QED) is 0.623. The Morgan fingerprint density at radius 1 is 1.30 bits per heavy atom. The number of halogens is 2. The first-order chi connectivity index (χ1) is 14.3. The molecule has 1 aromatic heterocycles. The third-order valence-corrected chi connectivity index (χ3v) is 4.63. The summed E-state index contributed by atoms with van der Waals surface area (Å²) >= 11 is 6.10. The van der Waals surface area contributed by atoms with E-state index in [1.807, 2.05) is 0 Å². The highest BCUT2D eigenvalue weighted by molar-refractivity contribution is 6.33. The number of likely N-dealkylation sites (N-methyl/N-ethyl adjacent to an activating group) is 1. The van der Waals surface area contributed by atoms with Crippen LogP contribution in [0.15, 0.2) is 47.0 Å². The van der Waals surface area contributed by atoms with E-state index in [9.17, 15) is 14.0 Å². The molecule has 0 aliphatic carbocycles. The van der Waals surface area contributed by atoms with Crippen LogP contribution in [0.3, 0.4) is 0 Å². The zero-order valence-corrected chi connectivity index (χ0v) is 17.0. The van der Waals surface area contributed by atoms with Gasteiger partial charge in [0.25, 0.3) is 5.91 Å². The molecule has 1 N–H and O–H groups in total. The Morgan fingerprint density at radius 3 is 2.73 bits per heavy atom. The van der Waals surface area contributed by atoms with E-state index < -0.39 is 17.6 Å². The smallest absolute Gasteiger partial charge is 0.259 e. The molecule has 2 aromatic carbocycles. The Kier molecular flexibility index (Phi) is 6.19. The normalized spacial score (nSPS) is 10.4. The fourth-order valence-electron chi connectivity index (χ4n) is 2.88. The van der Waals surface area contributed by atoms with Crippen LogP contribution in [0.4, 0.5) is 10.1 Å². The molecule has 0 saturated heterocycles. The van der Waals surface area contributed by atoms with E-state index in [2.05, 4.69) is 16.4 Å². The molecule has 0 saturated carbocycles. The second-order valence-electron chi connectivity index (χ2n) is 6.49. The maximum atomic E-state index is 14.3. The fraction of sp³-hybridized carbons (Fsp3) is 0.136. The van der Waals surface area contributed by atoms with Gasteiger partial charge in [0, 0.05) is 18.3 Å². The van der Waals surface area contributed by atoms with Crippen molar-refractivity contribution < 1.29 is 18.5 Å². The van der Waals surface area contributed by atoms with Crippen LogP contribution < -0.4 is 5.32 Å². The van der Waals surface area contributed by atoms with E-state index in [4.69, 9.17) is 22.5 Å². The summed E-state index contributed by atoms with van der Waals surface area (Å²) in [6.45, 7) is 1.27. The van der Waals surface area contributed by atoms with Gasteiger partial charge in [-0.15, -0.1) is 6.42 Å². The van der Waals surface area contributed by atoms with Gasteiger partial charge in [-0.25, -0.2) is 4.39 Å². The standard InChI is InChI=1S/C22H17ClFN3O3/c1-4-14-7-5-8-15(11-14)25-18(28)12-27(3)22(29)19-13(2)30-26-21(19)20-16(23)9-6-10-17(20)24/h1,5-11H,12H2,2-3H3,(H,25,28). The molecule has 3 rings (SSSR count). The second-order valence-corrected chi connectivity index (χ2v) is 6.90. The Hall–Kier alpha value is -3.63. The fourth-order valence-corrected chi connectivity index (χ4v) is 3.14. The summed E-state index contributed by atoms with van der Waals surface area (Å²) in [6, 6.07) is 10.9.